The van der Waals surface area contributed by atoms with Crippen LogP contribution in [-0.4, -0.2) is 33.0 Å². The Morgan fingerprint density at radius 1 is 1.47 bits per heavy atom. The van der Waals surface area contributed by atoms with Crippen LogP contribution in [0.4, 0.5) is 5.82 Å². The van der Waals surface area contributed by atoms with E-state index in [1.54, 1.807) is 18.5 Å². The fourth-order valence-electron chi connectivity index (χ4n) is 1.90. The summed E-state index contributed by atoms with van der Waals surface area (Å²) in [5.74, 6) is 1.07. The predicted molar refractivity (Wildman–Crippen MR) is 62.1 cm³/mol. The standard InChI is InChI=1S/C11H13N5O/c12-10-1-3-13-11(15-10)8-5-14-16(6-8)9-2-4-17-7-9/h1,3,5-6,9H,2,4,7H2,(H2,12,13,15). The van der Waals surface area contributed by atoms with Crippen molar-refractivity contribution in [3.8, 4) is 11.4 Å². The van der Waals surface area contributed by atoms with Crippen molar-refractivity contribution < 1.29 is 4.74 Å². The molecular weight excluding hydrogens is 218 g/mol. The third kappa shape index (κ3) is 1.99. The molecule has 1 saturated heterocycles. The van der Waals surface area contributed by atoms with Crippen LogP contribution in [0.3, 0.4) is 0 Å². The maximum Gasteiger partial charge on any atom is 0.164 e. The van der Waals surface area contributed by atoms with Gasteiger partial charge < -0.3 is 10.5 Å². The molecule has 17 heavy (non-hydrogen) atoms. The summed E-state index contributed by atoms with van der Waals surface area (Å²) < 4.78 is 7.25. The fraction of sp³-hybridized carbons (Fsp3) is 0.364. The minimum atomic E-state index is 0.324. The van der Waals surface area contributed by atoms with Gasteiger partial charge in [0.05, 0.1) is 24.4 Å². The summed E-state index contributed by atoms with van der Waals surface area (Å²) >= 11 is 0. The van der Waals surface area contributed by atoms with Crippen molar-refractivity contribution in [2.24, 2.45) is 0 Å². The lowest BCUT2D eigenvalue weighted by Crippen LogP contribution is -2.08. The molecule has 0 aliphatic carbocycles. The van der Waals surface area contributed by atoms with Gasteiger partial charge in [0.2, 0.25) is 0 Å². The summed E-state index contributed by atoms with van der Waals surface area (Å²) in [6.07, 6.45) is 6.34. The van der Waals surface area contributed by atoms with Crippen LogP contribution in [0.25, 0.3) is 11.4 Å². The minimum absolute atomic E-state index is 0.324. The Morgan fingerprint density at radius 3 is 3.18 bits per heavy atom. The van der Waals surface area contributed by atoms with E-state index in [-0.39, 0.29) is 0 Å². The molecule has 1 atom stereocenters. The Bertz CT molecular complexity index is 518. The van der Waals surface area contributed by atoms with E-state index in [4.69, 9.17) is 10.5 Å². The van der Waals surface area contributed by atoms with E-state index in [0.29, 0.717) is 17.7 Å². The zero-order valence-corrected chi connectivity index (χ0v) is 9.28. The van der Waals surface area contributed by atoms with Crippen molar-refractivity contribution >= 4 is 5.82 Å². The van der Waals surface area contributed by atoms with Gasteiger partial charge >= 0.3 is 0 Å². The SMILES string of the molecule is Nc1ccnc(-c2cnn(C3CCOC3)c2)n1. The number of nitrogens with two attached hydrogens (primary N) is 1. The van der Waals surface area contributed by atoms with Crippen LogP contribution in [0.1, 0.15) is 12.5 Å². The summed E-state index contributed by atoms with van der Waals surface area (Å²) in [5.41, 5.74) is 6.51. The molecule has 1 aliphatic rings. The van der Waals surface area contributed by atoms with Crippen LogP contribution in [0.15, 0.2) is 24.7 Å². The third-order valence-electron chi connectivity index (χ3n) is 2.82. The second kappa shape index (κ2) is 4.14. The van der Waals surface area contributed by atoms with E-state index < -0.39 is 0 Å². The molecule has 1 unspecified atom stereocenters. The quantitative estimate of drug-likeness (QED) is 0.830. The molecule has 0 spiro atoms. The van der Waals surface area contributed by atoms with Crippen LogP contribution in [0.5, 0.6) is 0 Å². The van der Waals surface area contributed by atoms with Gasteiger partial charge in [-0.25, -0.2) is 9.97 Å². The molecule has 2 aromatic heterocycles. The molecule has 0 aromatic carbocycles. The van der Waals surface area contributed by atoms with Crippen LogP contribution < -0.4 is 5.73 Å². The molecule has 6 nitrogen and oxygen atoms in total. The van der Waals surface area contributed by atoms with E-state index >= 15 is 0 Å². The largest absolute Gasteiger partial charge is 0.384 e. The molecule has 1 fully saturated rings. The molecule has 6 heteroatoms. The zero-order chi connectivity index (χ0) is 11.7. The molecule has 2 aromatic rings. The normalized spacial score (nSPS) is 19.6. The first-order chi connectivity index (χ1) is 8.33. The van der Waals surface area contributed by atoms with Crippen molar-refractivity contribution in [1.29, 1.82) is 0 Å². The van der Waals surface area contributed by atoms with Crippen molar-refractivity contribution in [1.82, 2.24) is 19.7 Å². The van der Waals surface area contributed by atoms with Crippen LogP contribution >= 0.6 is 0 Å². The highest BCUT2D eigenvalue weighted by Crippen LogP contribution is 2.21. The molecule has 2 N–H and O–H groups in total. The summed E-state index contributed by atoms with van der Waals surface area (Å²) in [7, 11) is 0. The van der Waals surface area contributed by atoms with Crippen molar-refractivity contribution in [2.75, 3.05) is 18.9 Å². The molecule has 0 radical (unpaired) electrons. The van der Waals surface area contributed by atoms with Gasteiger partial charge in [0.25, 0.3) is 0 Å². The first kappa shape index (κ1) is 10.2. The van der Waals surface area contributed by atoms with Gasteiger partial charge in [-0.2, -0.15) is 5.10 Å². The van der Waals surface area contributed by atoms with E-state index in [1.165, 1.54) is 0 Å². The van der Waals surface area contributed by atoms with Gasteiger partial charge in [0.15, 0.2) is 5.82 Å². The van der Waals surface area contributed by atoms with E-state index in [0.717, 1.165) is 25.2 Å². The first-order valence-electron chi connectivity index (χ1n) is 5.54. The Kier molecular flexibility index (Phi) is 2.49. The average Bonchev–Trinajstić information content (AvgIpc) is 3.00. The lowest BCUT2D eigenvalue weighted by atomic mass is 10.2. The van der Waals surface area contributed by atoms with Crippen molar-refractivity contribution in [2.45, 2.75) is 12.5 Å². The molecular formula is C11H13N5O. The third-order valence-corrected chi connectivity index (χ3v) is 2.82. The molecule has 0 saturated carbocycles. The average molecular weight is 231 g/mol. The number of aromatic nitrogens is 4. The number of nitrogens with zero attached hydrogens (tertiary/aromatic N) is 4. The van der Waals surface area contributed by atoms with Crippen LogP contribution in [-0.2, 0) is 4.74 Å². The van der Waals surface area contributed by atoms with Crippen LogP contribution in [0.2, 0.25) is 0 Å². The highest BCUT2D eigenvalue weighted by Gasteiger charge is 2.18. The van der Waals surface area contributed by atoms with Gasteiger partial charge in [-0.15, -0.1) is 0 Å². The lowest BCUT2D eigenvalue weighted by molar-refractivity contribution is 0.184. The fourth-order valence-corrected chi connectivity index (χ4v) is 1.90. The second-order valence-electron chi connectivity index (χ2n) is 4.03. The zero-order valence-electron chi connectivity index (χ0n) is 9.28. The first-order valence-corrected chi connectivity index (χ1v) is 5.54. The monoisotopic (exact) mass is 231 g/mol. The van der Waals surface area contributed by atoms with Gasteiger partial charge in [0.1, 0.15) is 5.82 Å². The smallest absolute Gasteiger partial charge is 0.164 e. The second-order valence-corrected chi connectivity index (χ2v) is 4.03. The molecule has 88 valence electrons. The lowest BCUT2D eigenvalue weighted by Gasteiger charge is -2.06. The van der Waals surface area contributed by atoms with Gasteiger partial charge in [0, 0.05) is 19.0 Å². The summed E-state index contributed by atoms with van der Waals surface area (Å²) in [6, 6.07) is 1.99. The maximum absolute atomic E-state index is 5.63. The van der Waals surface area contributed by atoms with Gasteiger partial charge in [-0.3, -0.25) is 4.68 Å². The number of hydrogen-bond donors (Lipinski definition) is 1. The highest BCUT2D eigenvalue weighted by molar-refractivity contribution is 5.53. The van der Waals surface area contributed by atoms with E-state index in [1.807, 2.05) is 10.9 Å². The van der Waals surface area contributed by atoms with E-state index in [9.17, 15) is 0 Å². The molecule has 3 rings (SSSR count). The van der Waals surface area contributed by atoms with Crippen molar-refractivity contribution in [3.63, 3.8) is 0 Å². The Hall–Kier alpha value is -1.95. The number of nitrogen functional groups attached to an aromatic ring is 1. The number of anilines is 1. The van der Waals surface area contributed by atoms with Crippen LogP contribution in [0, 0.1) is 0 Å². The predicted octanol–water partition coefficient (Wildman–Crippen LogP) is 0.884. The number of ether oxygens (including phenoxy) is 1. The van der Waals surface area contributed by atoms with Gasteiger partial charge in [-0.05, 0) is 12.5 Å². The topological polar surface area (TPSA) is 78.8 Å². The van der Waals surface area contributed by atoms with E-state index in [2.05, 4.69) is 15.1 Å². The molecule has 0 bridgehead atoms. The highest BCUT2D eigenvalue weighted by atomic mass is 16.5. The van der Waals surface area contributed by atoms with Gasteiger partial charge in [-0.1, -0.05) is 0 Å². The summed E-state index contributed by atoms with van der Waals surface area (Å²) in [6.45, 7) is 1.52. The van der Waals surface area contributed by atoms with Crippen molar-refractivity contribution in [3.05, 3.63) is 24.7 Å². The molecule has 1 aliphatic heterocycles. The number of hydrogen-bond acceptors (Lipinski definition) is 5. The Labute approximate surface area is 98.4 Å². The number of rotatable bonds is 2. The Balaban J connectivity index is 1.89. The molecule has 0 amide bonds. The minimum Gasteiger partial charge on any atom is -0.384 e. The maximum atomic E-state index is 5.63. The summed E-state index contributed by atoms with van der Waals surface area (Å²) in [5, 5.41) is 4.32. The Morgan fingerprint density at radius 2 is 2.41 bits per heavy atom. The molecule has 3 heterocycles. The summed E-state index contributed by atoms with van der Waals surface area (Å²) in [4.78, 5) is 8.34.